The van der Waals surface area contributed by atoms with Gasteiger partial charge in [0, 0.05) is 12.5 Å². The molecule has 0 aliphatic heterocycles. The van der Waals surface area contributed by atoms with Gasteiger partial charge in [-0.2, -0.15) is 0 Å². The highest BCUT2D eigenvalue weighted by molar-refractivity contribution is 5.93. The van der Waals surface area contributed by atoms with Crippen molar-refractivity contribution in [3.8, 4) is 0 Å². The first-order chi connectivity index (χ1) is 9.15. The van der Waals surface area contributed by atoms with Crippen molar-refractivity contribution in [2.24, 2.45) is 5.41 Å². The van der Waals surface area contributed by atoms with E-state index in [1.54, 1.807) is 6.07 Å². The van der Waals surface area contributed by atoms with Crippen molar-refractivity contribution in [1.29, 1.82) is 0 Å². The molecule has 0 saturated carbocycles. The molecule has 1 aromatic carbocycles. The number of nitro benzene ring substituents is 1. The summed E-state index contributed by atoms with van der Waals surface area (Å²) in [5.41, 5.74) is 1.94. The van der Waals surface area contributed by atoms with E-state index in [2.05, 4.69) is 5.32 Å². The maximum Gasteiger partial charge on any atom is 0.274 e. The lowest BCUT2D eigenvalue weighted by molar-refractivity contribution is -0.385. The van der Waals surface area contributed by atoms with Crippen LogP contribution in [0, 0.1) is 22.5 Å². The lowest BCUT2D eigenvalue weighted by atomic mass is 9.91. The highest BCUT2D eigenvalue weighted by Gasteiger charge is 2.21. The zero-order chi connectivity index (χ0) is 15.5. The molecule has 0 aliphatic carbocycles. The molecule has 110 valence electrons. The van der Waals surface area contributed by atoms with Gasteiger partial charge in [0.25, 0.3) is 5.69 Å². The number of amides is 1. The molecule has 1 rings (SSSR count). The third kappa shape index (κ3) is 4.05. The Labute approximate surface area is 119 Å². The zero-order valence-electron chi connectivity index (χ0n) is 12.7. The molecule has 0 aromatic heterocycles. The van der Waals surface area contributed by atoms with E-state index in [0.29, 0.717) is 24.1 Å². The van der Waals surface area contributed by atoms with Gasteiger partial charge in [-0.05, 0) is 24.3 Å². The van der Waals surface area contributed by atoms with Crippen molar-refractivity contribution >= 4 is 17.3 Å². The standard InChI is InChI=1S/C15H22N2O3/c1-6-11-12(17(19)20)8-7-10(2)14(11)16-13(18)9-15(3,4)5/h7-8H,6,9H2,1-5H3,(H,16,18). The van der Waals surface area contributed by atoms with Crippen molar-refractivity contribution in [3.63, 3.8) is 0 Å². The van der Waals surface area contributed by atoms with Crippen molar-refractivity contribution in [2.45, 2.75) is 47.5 Å². The van der Waals surface area contributed by atoms with Gasteiger partial charge in [-0.15, -0.1) is 0 Å². The minimum Gasteiger partial charge on any atom is -0.325 e. The Hall–Kier alpha value is -1.91. The first-order valence-electron chi connectivity index (χ1n) is 6.72. The van der Waals surface area contributed by atoms with Gasteiger partial charge in [-0.3, -0.25) is 14.9 Å². The summed E-state index contributed by atoms with van der Waals surface area (Å²) in [4.78, 5) is 22.7. The number of hydrogen-bond acceptors (Lipinski definition) is 3. The largest absolute Gasteiger partial charge is 0.325 e. The fourth-order valence-electron chi connectivity index (χ4n) is 2.12. The number of benzene rings is 1. The van der Waals surface area contributed by atoms with Crippen molar-refractivity contribution in [3.05, 3.63) is 33.4 Å². The fourth-order valence-corrected chi connectivity index (χ4v) is 2.12. The summed E-state index contributed by atoms with van der Waals surface area (Å²) >= 11 is 0. The monoisotopic (exact) mass is 278 g/mol. The van der Waals surface area contributed by atoms with Crippen LogP contribution in [0.3, 0.4) is 0 Å². The summed E-state index contributed by atoms with van der Waals surface area (Å²) in [7, 11) is 0. The SMILES string of the molecule is CCc1c([N+](=O)[O-])ccc(C)c1NC(=O)CC(C)(C)C. The molecule has 20 heavy (non-hydrogen) atoms. The van der Waals surface area contributed by atoms with Crippen molar-refractivity contribution in [2.75, 3.05) is 5.32 Å². The molecule has 0 heterocycles. The van der Waals surface area contributed by atoms with Crippen LogP contribution < -0.4 is 5.32 Å². The van der Waals surface area contributed by atoms with Crippen LogP contribution in [0.5, 0.6) is 0 Å². The quantitative estimate of drug-likeness (QED) is 0.671. The Kier molecular flexibility index (Phi) is 4.87. The van der Waals surface area contributed by atoms with Crippen molar-refractivity contribution < 1.29 is 9.72 Å². The average Bonchev–Trinajstić information content (AvgIpc) is 2.28. The fraction of sp³-hybridized carbons (Fsp3) is 0.533. The number of nitro groups is 1. The van der Waals surface area contributed by atoms with Gasteiger partial charge < -0.3 is 5.32 Å². The third-order valence-electron chi connectivity index (χ3n) is 3.00. The maximum atomic E-state index is 12.0. The summed E-state index contributed by atoms with van der Waals surface area (Å²) < 4.78 is 0. The van der Waals surface area contributed by atoms with E-state index in [-0.39, 0.29) is 17.0 Å². The van der Waals surface area contributed by atoms with E-state index in [0.717, 1.165) is 5.56 Å². The van der Waals surface area contributed by atoms with Crippen LogP contribution in [0.25, 0.3) is 0 Å². The second-order valence-corrected chi connectivity index (χ2v) is 6.15. The molecular formula is C15H22N2O3. The molecule has 1 amide bonds. The van der Waals surface area contributed by atoms with Gasteiger partial charge in [-0.1, -0.05) is 33.8 Å². The molecule has 0 saturated heterocycles. The lowest BCUT2D eigenvalue weighted by Crippen LogP contribution is -2.21. The molecule has 1 N–H and O–H groups in total. The van der Waals surface area contributed by atoms with Gasteiger partial charge in [0.1, 0.15) is 0 Å². The molecule has 0 unspecified atom stereocenters. The molecular weight excluding hydrogens is 256 g/mol. The van der Waals surface area contributed by atoms with Crippen molar-refractivity contribution in [1.82, 2.24) is 0 Å². The molecule has 0 radical (unpaired) electrons. The Bertz CT molecular complexity index is 531. The molecule has 0 atom stereocenters. The summed E-state index contributed by atoms with van der Waals surface area (Å²) in [6.45, 7) is 9.63. The molecule has 0 spiro atoms. The van der Waals surface area contributed by atoms with E-state index >= 15 is 0 Å². The van der Waals surface area contributed by atoms with Crippen LogP contribution in [0.1, 0.15) is 45.2 Å². The number of hydrogen-bond donors (Lipinski definition) is 1. The Morgan fingerprint density at radius 2 is 1.95 bits per heavy atom. The Morgan fingerprint density at radius 1 is 1.35 bits per heavy atom. The second kappa shape index (κ2) is 6.03. The van der Waals surface area contributed by atoms with Crippen LogP contribution in [0.15, 0.2) is 12.1 Å². The van der Waals surface area contributed by atoms with E-state index < -0.39 is 4.92 Å². The van der Waals surface area contributed by atoms with Gasteiger partial charge in [-0.25, -0.2) is 0 Å². The minimum atomic E-state index is -0.405. The third-order valence-corrected chi connectivity index (χ3v) is 3.00. The molecule has 5 heteroatoms. The van der Waals surface area contributed by atoms with Crippen LogP contribution >= 0.6 is 0 Å². The number of nitrogens with one attached hydrogen (secondary N) is 1. The number of anilines is 1. The smallest absolute Gasteiger partial charge is 0.274 e. The number of carbonyl (C=O) groups excluding carboxylic acids is 1. The van der Waals surface area contributed by atoms with Gasteiger partial charge in [0.15, 0.2) is 0 Å². The first kappa shape index (κ1) is 16.1. The summed E-state index contributed by atoms with van der Waals surface area (Å²) in [6, 6.07) is 3.16. The van der Waals surface area contributed by atoms with E-state index in [1.807, 2.05) is 34.6 Å². The lowest BCUT2D eigenvalue weighted by Gasteiger charge is -2.19. The predicted octanol–water partition coefficient (Wildman–Crippen LogP) is 3.84. The summed E-state index contributed by atoms with van der Waals surface area (Å²) in [6.07, 6.45) is 0.876. The summed E-state index contributed by atoms with van der Waals surface area (Å²) in [5.74, 6) is -0.115. The highest BCUT2D eigenvalue weighted by Crippen LogP contribution is 2.31. The molecule has 0 bridgehead atoms. The second-order valence-electron chi connectivity index (χ2n) is 6.15. The van der Waals surface area contributed by atoms with Crippen LogP contribution in [0.2, 0.25) is 0 Å². The van der Waals surface area contributed by atoms with Gasteiger partial charge in [0.05, 0.1) is 16.2 Å². The number of nitrogens with zero attached hydrogens (tertiary/aromatic N) is 1. The average molecular weight is 278 g/mol. The topological polar surface area (TPSA) is 72.2 Å². The molecule has 5 nitrogen and oxygen atoms in total. The predicted molar refractivity (Wildman–Crippen MR) is 79.9 cm³/mol. The van der Waals surface area contributed by atoms with Crippen LogP contribution in [0.4, 0.5) is 11.4 Å². The number of carbonyl (C=O) groups is 1. The van der Waals surface area contributed by atoms with E-state index in [4.69, 9.17) is 0 Å². The Balaban J connectivity index is 3.14. The van der Waals surface area contributed by atoms with Gasteiger partial charge in [0.2, 0.25) is 5.91 Å². The zero-order valence-corrected chi connectivity index (χ0v) is 12.7. The van der Waals surface area contributed by atoms with Crippen LogP contribution in [-0.2, 0) is 11.2 Å². The minimum absolute atomic E-state index is 0.0594. The van der Waals surface area contributed by atoms with Gasteiger partial charge >= 0.3 is 0 Å². The van der Waals surface area contributed by atoms with Crippen LogP contribution in [-0.4, -0.2) is 10.8 Å². The number of rotatable bonds is 4. The first-order valence-corrected chi connectivity index (χ1v) is 6.72. The number of aryl methyl sites for hydroxylation is 1. The Morgan fingerprint density at radius 3 is 2.40 bits per heavy atom. The van der Waals surface area contributed by atoms with E-state index in [9.17, 15) is 14.9 Å². The normalized spacial score (nSPS) is 11.2. The summed E-state index contributed by atoms with van der Waals surface area (Å²) in [5, 5.41) is 13.9. The van der Waals surface area contributed by atoms with E-state index in [1.165, 1.54) is 6.07 Å². The molecule has 0 fully saturated rings. The maximum absolute atomic E-state index is 12.0. The molecule has 1 aromatic rings. The molecule has 0 aliphatic rings. The highest BCUT2D eigenvalue weighted by atomic mass is 16.6.